The second kappa shape index (κ2) is 22.1. The van der Waals surface area contributed by atoms with Crippen molar-refractivity contribution in [1.29, 1.82) is 0 Å². The van der Waals surface area contributed by atoms with Crippen LogP contribution >= 0.6 is 42.4 Å². The standard InChI is InChI=1S/C10H21Cl3N3O2P.Er.3NO3/c1-5-15(6-2)19(18,16(7-3)8-4)14-9(17)10(11,12)13;;3*2-1(3)4/h5-8H2,1-4H3,(H,14,17,18);;;;/q;+3;3*-1. The summed E-state index contributed by atoms with van der Waals surface area (Å²) in [5.41, 5.74) is 0. The zero-order valence-electron chi connectivity index (χ0n) is 16.9. The third-order valence-electron chi connectivity index (χ3n) is 2.73. The van der Waals surface area contributed by atoms with Gasteiger partial charge in [0.1, 0.15) is 0 Å². The number of nitrogens with zero attached hydrogens (tertiary/aromatic N) is 5. The molecule has 0 aliphatic rings. The normalized spacial score (nSPS) is 10.0. The number of rotatable bonds is 7. The molecule has 0 rings (SSSR count). The van der Waals surface area contributed by atoms with Crippen LogP contribution in [0.25, 0.3) is 0 Å². The average molecular weight is 706 g/mol. The van der Waals surface area contributed by atoms with Crippen molar-refractivity contribution in [2.75, 3.05) is 26.2 Å². The van der Waals surface area contributed by atoms with Crippen molar-refractivity contribution in [3.05, 3.63) is 46.0 Å². The number of nitrogens with one attached hydrogen (secondary N) is 1. The minimum Gasteiger partial charge on any atom is -0.356 e. The number of alkyl halides is 3. The molecule has 1 N–H and O–H groups in total. The summed E-state index contributed by atoms with van der Waals surface area (Å²) in [6, 6.07) is 0. The van der Waals surface area contributed by atoms with E-state index in [-0.39, 0.29) is 37.3 Å². The Morgan fingerprint density at radius 1 is 0.781 bits per heavy atom. The van der Waals surface area contributed by atoms with Crippen molar-refractivity contribution in [3.63, 3.8) is 0 Å². The van der Waals surface area contributed by atoms with Gasteiger partial charge in [-0.3, -0.25) is 14.4 Å². The Morgan fingerprint density at radius 3 is 1.09 bits per heavy atom. The Labute approximate surface area is 227 Å². The van der Waals surface area contributed by atoms with E-state index in [1.807, 2.05) is 27.7 Å². The molecule has 22 heteroatoms. The maximum Gasteiger partial charge on any atom is 3.00 e. The van der Waals surface area contributed by atoms with Crippen molar-refractivity contribution in [3.8, 4) is 0 Å². The SMILES string of the molecule is CCN(CC)P(=O)(NC(=O)C(Cl)(Cl)Cl)N(CC)CC.O=[N+]([O-])[O-].O=[N+]([O-])[O-].O=[N+]([O-])[O-].[Er+3]. The quantitative estimate of drug-likeness (QED) is 0.173. The van der Waals surface area contributed by atoms with Gasteiger partial charge in [0.05, 0.1) is 15.3 Å². The fourth-order valence-electron chi connectivity index (χ4n) is 1.73. The summed E-state index contributed by atoms with van der Waals surface area (Å²) in [5.74, 6) is -0.875. The van der Waals surface area contributed by atoms with Crippen molar-refractivity contribution in [1.82, 2.24) is 14.4 Å². The first-order chi connectivity index (χ1) is 13.9. The molecule has 32 heavy (non-hydrogen) atoms. The van der Waals surface area contributed by atoms with Crippen LogP contribution < -0.4 is 5.09 Å². The van der Waals surface area contributed by atoms with Gasteiger partial charge >= 0.3 is 44.9 Å². The number of carbonyl (C=O) groups is 1. The van der Waals surface area contributed by atoms with Gasteiger partial charge in [0.25, 0.3) is 9.70 Å². The van der Waals surface area contributed by atoms with Gasteiger partial charge in [-0.25, -0.2) is 9.34 Å². The van der Waals surface area contributed by atoms with E-state index in [1.165, 1.54) is 0 Å². The van der Waals surface area contributed by atoms with Crippen LogP contribution in [0.2, 0.25) is 0 Å². The summed E-state index contributed by atoms with van der Waals surface area (Å²) in [7, 11) is -3.28. The fourth-order valence-corrected chi connectivity index (χ4v) is 4.68. The van der Waals surface area contributed by atoms with Crippen molar-refractivity contribution in [2.45, 2.75) is 31.5 Å². The molecule has 0 spiro atoms. The molecule has 0 fully saturated rings. The predicted octanol–water partition coefficient (Wildman–Crippen LogP) is 2.55. The Balaban J connectivity index is -0.000000154. The first-order valence-corrected chi connectivity index (χ1v) is 10.6. The van der Waals surface area contributed by atoms with Gasteiger partial charge in [-0.15, -0.1) is 0 Å². The van der Waals surface area contributed by atoms with Crippen LogP contribution in [0.15, 0.2) is 0 Å². The van der Waals surface area contributed by atoms with Gasteiger partial charge in [-0.05, 0) is 0 Å². The Morgan fingerprint density at radius 2 is 0.969 bits per heavy atom. The van der Waals surface area contributed by atoms with Crippen molar-refractivity contribution < 1.29 is 61.9 Å². The molecule has 0 aromatic heterocycles. The third kappa shape index (κ3) is 25.6. The molecular formula is C10H21Cl3ErN6O11P. The molecule has 0 aliphatic heterocycles. The second-order valence-corrected chi connectivity index (χ2v) is 9.16. The number of hydrogen-bond donors (Lipinski definition) is 1. The third-order valence-corrected chi connectivity index (χ3v) is 6.41. The molecular weight excluding hydrogens is 685 g/mol. The van der Waals surface area contributed by atoms with Crippen LogP contribution in [0.4, 0.5) is 0 Å². The fraction of sp³-hybridized carbons (Fsp3) is 0.900. The predicted molar refractivity (Wildman–Crippen MR) is 113 cm³/mol. The topological polar surface area (TPSA) is 251 Å². The van der Waals surface area contributed by atoms with Gasteiger partial charge in [0.15, 0.2) is 0 Å². The monoisotopic (exact) mass is 703 g/mol. The maximum absolute atomic E-state index is 13.1. The molecule has 0 saturated heterocycles. The van der Waals surface area contributed by atoms with E-state index >= 15 is 0 Å². The van der Waals surface area contributed by atoms with Gasteiger partial charge < -0.3 is 46.0 Å². The molecule has 0 saturated carbocycles. The van der Waals surface area contributed by atoms with Crippen LogP contribution in [0.5, 0.6) is 0 Å². The molecule has 0 aliphatic carbocycles. The summed E-state index contributed by atoms with van der Waals surface area (Å²) in [6.07, 6.45) is 0. The van der Waals surface area contributed by atoms with Crippen LogP contribution in [0.1, 0.15) is 27.7 Å². The zero-order chi connectivity index (χ0) is 26.0. The summed E-state index contributed by atoms with van der Waals surface area (Å²) in [6.45, 7) is 9.52. The first kappa shape index (κ1) is 41.6. The van der Waals surface area contributed by atoms with Crippen molar-refractivity contribution >= 4 is 48.3 Å². The molecule has 1 amide bonds. The van der Waals surface area contributed by atoms with Crippen molar-refractivity contribution in [2.24, 2.45) is 0 Å². The molecule has 0 bridgehead atoms. The van der Waals surface area contributed by atoms with E-state index in [9.17, 15) is 9.36 Å². The first-order valence-electron chi connectivity index (χ1n) is 7.81. The van der Waals surface area contributed by atoms with Gasteiger partial charge in [-0.2, -0.15) is 0 Å². The Bertz CT molecular complexity index is 551. The van der Waals surface area contributed by atoms with Crippen LogP contribution in [0.3, 0.4) is 0 Å². The number of carbonyl (C=O) groups excluding carboxylic acids is 1. The minimum absolute atomic E-state index is 0. The van der Waals surface area contributed by atoms with Gasteiger partial charge in [0.2, 0.25) is 0 Å². The van der Waals surface area contributed by atoms with Gasteiger partial charge in [-0.1, -0.05) is 62.5 Å². The van der Waals surface area contributed by atoms with Crippen LogP contribution in [-0.4, -0.2) is 60.5 Å². The van der Waals surface area contributed by atoms with E-state index in [4.69, 9.17) is 80.8 Å². The van der Waals surface area contributed by atoms with Crippen LogP contribution in [0, 0.1) is 83.3 Å². The second-order valence-electron chi connectivity index (χ2n) is 4.43. The largest absolute Gasteiger partial charge is 3.00 e. The minimum atomic E-state index is -3.28. The molecule has 0 atom stereocenters. The number of halogens is 3. The maximum atomic E-state index is 13.1. The summed E-state index contributed by atoms with van der Waals surface area (Å²) in [5, 5.41) is 46.7. The van der Waals surface area contributed by atoms with Gasteiger partial charge in [0, 0.05) is 26.2 Å². The summed E-state index contributed by atoms with van der Waals surface area (Å²) >= 11 is 16.6. The molecule has 0 heterocycles. The van der Waals surface area contributed by atoms with E-state index in [0.29, 0.717) is 26.2 Å². The molecule has 0 aromatic carbocycles. The van der Waals surface area contributed by atoms with E-state index in [2.05, 4.69) is 5.09 Å². The molecule has 17 nitrogen and oxygen atoms in total. The Kier molecular flexibility index (Phi) is 28.8. The smallest absolute Gasteiger partial charge is 0.356 e. The number of amides is 1. The molecule has 195 valence electrons. The van der Waals surface area contributed by atoms with E-state index in [0.717, 1.165) is 0 Å². The molecule has 0 unspecified atom stereocenters. The summed E-state index contributed by atoms with van der Waals surface area (Å²) in [4.78, 5) is 36.6. The average Bonchev–Trinajstić information content (AvgIpc) is 2.54. The van der Waals surface area contributed by atoms with Crippen LogP contribution in [-0.2, 0) is 9.36 Å². The summed E-state index contributed by atoms with van der Waals surface area (Å²) < 4.78 is 14.4. The van der Waals surface area contributed by atoms with E-state index in [1.54, 1.807) is 9.34 Å². The zero-order valence-corrected chi connectivity index (χ0v) is 21.9. The molecule has 0 aromatic rings. The molecule has 1 radical (unpaired) electrons. The van der Waals surface area contributed by atoms with E-state index < -0.39 is 32.6 Å². The Hall–Kier alpha value is -0.663. The number of hydrogen-bond acceptors (Lipinski definition) is 11.